The molecule has 1 aromatic rings. The van der Waals surface area contributed by atoms with Gasteiger partial charge >= 0.3 is 0 Å². The van der Waals surface area contributed by atoms with Crippen LogP contribution in [0.2, 0.25) is 0 Å². The van der Waals surface area contributed by atoms with Crippen molar-refractivity contribution in [3.05, 3.63) is 11.5 Å². The van der Waals surface area contributed by atoms with Gasteiger partial charge in [0, 0.05) is 31.7 Å². The van der Waals surface area contributed by atoms with Crippen LogP contribution in [0.1, 0.15) is 57.9 Å². The average molecular weight is 441 g/mol. The molecule has 0 aliphatic carbocycles. The Kier molecular flexibility index (Phi) is 6.94. The van der Waals surface area contributed by atoms with E-state index in [0.717, 1.165) is 13.1 Å². The van der Waals surface area contributed by atoms with Crippen LogP contribution in [0, 0.1) is 25.7 Å². The second kappa shape index (κ2) is 8.96. The van der Waals surface area contributed by atoms with E-state index in [4.69, 9.17) is 4.52 Å². The molecule has 2 unspecified atom stereocenters. The van der Waals surface area contributed by atoms with Gasteiger partial charge in [-0.3, -0.25) is 9.69 Å². The van der Waals surface area contributed by atoms with Crippen molar-refractivity contribution in [3.63, 3.8) is 0 Å². The fourth-order valence-corrected chi connectivity index (χ4v) is 6.46. The normalized spacial score (nSPS) is 24.7. The molecule has 30 heavy (non-hydrogen) atoms. The largest absolute Gasteiger partial charge is 0.360 e. The lowest BCUT2D eigenvalue weighted by atomic mass is 9.93. The van der Waals surface area contributed by atoms with Crippen molar-refractivity contribution >= 4 is 15.9 Å². The number of carbonyl (C=O) groups is 1. The first-order valence-corrected chi connectivity index (χ1v) is 12.4. The lowest BCUT2D eigenvalue weighted by Gasteiger charge is -2.43. The summed E-state index contributed by atoms with van der Waals surface area (Å²) in [6, 6.07) is 0. The predicted octanol–water partition coefficient (Wildman–Crippen LogP) is 2.32. The number of rotatable bonds is 6. The van der Waals surface area contributed by atoms with Gasteiger partial charge in [0.25, 0.3) is 0 Å². The maximum Gasteiger partial charge on any atom is 0.248 e. The van der Waals surface area contributed by atoms with E-state index in [1.165, 1.54) is 17.1 Å². The Hall–Kier alpha value is -1.45. The number of hydrogen-bond donors (Lipinski definition) is 1. The molecule has 2 fully saturated rings. The molecule has 0 saturated carbocycles. The van der Waals surface area contributed by atoms with Crippen molar-refractivity contribution in [2.75, 3.05) is 32.7 Å². The molecule has 3 rings (SSSR count). The molecule has 0 aromatic carbocycles. The van der Waals surface area contributed by atoms with Gasteiger partial charge < -0.3 is 9.84 Å². The van der Waals surface area contributed by atoms with Gasteiger partial charge in [0.05, 0.1) is 5.92 Å². The molecule has 2 aliphatic heterocycles. The molecule has 2 aliphatic rings. The third-order valence-corrected chi connectivity index (χ3v) is 8.64. The highest BCUT2D eigenvalue weighted by Gasteiger charge is 2.37. The minimum Gasteiger partial charge on any atom is -0.360 e. The summed E-state index contributed by atoms with van der Waals surface area (Å²) in [7, 11) is -3.72. The zero-order chi connectivity index (χ0) is 22.1. The highest BCUT2D eigenvalue weighted by Crippen LogP contribution is 2.28. The van der Waals surface area contributed by atoms with Gasteiger partial charge in [0.15, 0.2) is 5.76 Å². The highest BCUT2D eigenvalue weighted by atomic mass is 32.2. The zero-order valence-corrected chi connectivity index (χ0v) is 19.7. The number of aryl methyl sites for hydroxylation is 2. The third-order valence-electron chi connectivity index (χ3n) is 6.53. The first-order chi connectivity index (χ1) is 14.0. The predicted molar refractivity (Wildman–Crippen MR) is 115 cm³/mol. The number of sulfonamides is 1. The van der Waals surface area contributed by atoms with E-state index >= 15 is 0 Å². The second-order valence-electron chi connectivity index (χ2n) is 9.58. The van der Waals surface area contributed by atoms with Crippen LogP contribution in [0.4, 0.5) is 0 Å². The Balaban J connectivity index is 1.62. The van der Waals surface area contributed by atoms with Crippen LogP contribution < -0.4 is 5.32 Å². The van der Waals surface area contributed by atoms with Gasteiger partial charge in [-0.1, -0.05) is 12.1 Å². The molecule has 3 heterocycles. The number of nitrogens with one attached hydrogen (secondary N) is 1. The molecule has 8 nitrogen and oxygen atoms in total. The quantitative estimate of drug-likeness (QED) is 0.729. The molecular weight excluding hydrogens is 404 g/mol. The van der Waals surface area contributed by atoms with E-state index in [2.05, 4.69) is 36.1 Å². The Labute approximate surface area is 180 Å². The Morgan fingerprint density at radius 2 is 1.90 bits per heavy atom. The van der Waals surface area contributed by atoms with Gasteiger partial charge in [-0.25, -0.2) is 8.42 Å². The lowest BCUT2D eigenvalue weighted by molar-refractivity contribution is -0.126. The Bertz CT molecular complexity index is 845. The summed E-state index contributed by atoms with van der Waals surface area (Å²) in [5.41, 5.74) is 0.234. The number of likely N-dealkylation sites (tertiary alicyclic amines) is 1. The summed E-state index contributed by atoms with van der Waals surface area (Å²) in [5.74, 6) is 0.559. The minimum atomic E-state index is -3.72. The second-order valence-corrected chi connectivity index (χ2v) is 11.5. The first-order valence-electron chi connectivity index (χ1n) is 11.0. The number of piperidine rings is 2. The van der Waals surface area contributed by atoms with Crippen LogP contribution in [-0.4, -0.2) is 66.9 Å². The molecule has 0 bridgehead atoms. The summed E-state index contributed by atoms with van der Waals surface area (Å²) in [6.45, 7) is 13.1. The number of nitrogens with zero attached hydrogens (tertiary/aromatic N) is 3. The summed E-state index contributed by atoms with van der Waals surface area (Å²) in [6.07, 6.45) is 3.81. The smallest absolute Gasteiger partial charge is 0.248 e. The molecule has 1 amide bonds. The maximum atomic E-state index is 13.1. The summed E-state index contributed by atoms with van der Waals surface area (Å²) in [5, 5.41) is 6.87. The lowest BCUT2D eigenvalue weighted by Crippen LogP contribution is -2.56. The first kappa shape index (κ1) is 23.2. The molecule has 2 saturated heterocycles. The monoisotopic (exact) mass is 440 g/mol. The summed E-state index contributed by atoms with van der Waals surface area (Å²) in [4.78, 5) is 15.5. The van der Waals surface area contributed by atoms with E-state index in [9.17, 15) is 13.2 Å². The standard InChI is InChI=1S/C21H36N4O4S/c1-15-8-6-10-24(12-15)21(4,5)14-22-20(26)18-9-7-11-25(13-18)30(27,28)19-16(2)23-29-17(19)3/h15,18H,6-14H2,1-5H3,(H,22,26). The van der Waals surface area contributed by atoms with Crippen LogP contribution in [-0.2, 0) is 14.8 Å². The molecule has 0 spiro atoms. The number of hydrogen-bond acceptors (Lipinski definition) is 6. The SMILES string of the molecule is Cc1noc(C)c1S(=O)(=O)N1CCCC(C(=O)NCC(C)(C)N2CCCC(C)C2)C1. The number of aromatic nitrogens is 1. The van der Waals surface area contributed by atoms with E-state index < -0.39 is 10.0 Å². The van der Waals surface area contributed by atoms with Crippen molar-refractivity contribution in [2.24, 2.45) is 11.8 Å². The Morgan fingerprint density at radius 3 is 2.53 bits per heavy atom. The summed E-state index contributed by atoms with van der Waals surface area (Å²) < 4.78 is 32.7. The topological polar surface area (TPSA) is 95.8 Å². The average Bonchev–Trinajstić information content (AvgIpc) is 3.05. The van der Waals surface area contributed by atoms with Crippen molar-refractivity contribution in [1.82, 2.24) is 19.7 Å². The Morgan fingerprint density at radius 1 is 1.20 bits per heavy atom. The van der Waals surface area contributed by atoms with E-state index in [0.29, 0.717) is 37.5 Å². The van der Waals surface area contributed by atoms with Gasteiger partial charge in [-0.2, -0.15) is 4.31 Å². The van der Waals surface area contributed by atoms with Crippen molar-refractivity contribution in [3.8, 4) is 0 Å². The summed E-state index contributed by atoms with van der Waals surface area (Å²) >= 11 is 0. The highest BCUT2D eigenvalue weighted by molar-refractivity contribution is 7.89. The molecular formula is C21H36N4O4S. The number of amides is 1. The third kappa shape index (κ3) is 4.89. The fourth-order valence-electron chi connectivity index (χ4n) is 4.65. The molecule has 1 N–H and O–H groups in total. The van der Waals surface area contributed by atoms with Crippen LogP contribution in [0.15, 0.2) is 9.42 Å². The van der Waals surface area contributed by atoms with Crippen LogP contribution in [0.5, 0.6) is 0 Å². The van der Waals surface area contributed by atoms with E-state index in [1.54, 1.807) is 13.8 Å². The molecule has 1 aromatic heterocycles. The maximum absolute atomic E-state index is 13.1. The fraction of sp³-hybridized carbons (Fsp3) is 0.810. The van der Waals surface area contributed by atoms with Crippen LogP contribution in [0.25, 0.3) is 0 Å². The molecule has 170 valence electrons. The minimum absolute atomic E-state index is 0.0632. The molecule has 0 radical (unpaired) electrons. The van der Waals surface area contributed by atoms with Crippen LogP contribution in [0.3, 0.4) is 0 Å². The van der Waals surface area contributed by atoms with Crippen molar-refractivity contribution in [1.29, 1.82) is 0 Å². The molecule has 9 heteroatoms. The van der Waals surface area contributed by atoms with E-state index in [1.807, 2.05) is 0 Å². The van der Waals surface area contributed by atoms with Gasteiger partial charge in [0.2, 0.25) is 15.9 Å². The van der Waals surface area contributed by atoms with Gasteiger partial charge in [0.1, 0.15) is 10.6 Å². The number of carbonyl (C=O) groups excluding carboxylic acids is 1. The van der Waals surface area contributed by atoms with Gasteiger partial charge in [-0.15, -0.1) is 0 Å². The van der Waals surface area contributed by atoms with Gasteiger partial charge in [-0.05, 0) is 65.8 Å². The van der Waals surface area contributed by atoms with E-state index in [-0.39, 0.29) is 34.6 Å². The molecule has 2 atom stereocenters. The van der Waals surface area contributed by atoms with Crippen molar-refractivity contribution < 1.29 is 17.7 Å². The van der Waals surface area contributed by atoms with Crippen LogP contribution >= 0.6 is 0 Å². The zero-order valence-electron chi connectivity index (χ0n) is 18.9. The van der Waals surface area contributed by atoms with Crippen molar-refractivity contribution in [2.45, 2.75) is 70.7 Å².